The van der Waals surface area contributed by atoms with Crippen molar-refractivity contribution in [2.24, 2.45) is 0 Å². The Kier molecular flexibility index (Phi) is 7.57. The Labute approximate surface area is 194 Å². The minimum absolute atomic E-state index is 0.00524. The Hall–Kier alpha value is -3.15. The van der Waals surface area contributed by atoms with Crippen LogP contribution in [-0.4, -0.2) is 31.0 Å². The van der Waals surface area contributed by atoms with Gasteiger partial charge in [-0.2, -0.15) is 5.26 Å². The second kappa shape index (κ2) is 10.2. The molecule has 1 saturated heterocycles. The van der Waals surface area contributed by atoms with E-state index in [0.717, 1.165) is 5.56 Å². The van der Waals surface area contributed by atoms with Crippen molar-refractivity contribution >= 4 is 19.3 Å². The highest BCUT2D eigenvalue weighted by molar-refractivity contribution is 6.56. The fourth-order valence-corrected chi connectivity index (χ4v) is 3.24. The van der Waals surface area contributed by atoms with Gasteiger partial charge in [0.05, 0.1) is 23.7 Å². The number of alkyl carbamates (subject to hydrolysis) is 1. The summed E-state index contributed by atoms with van der Waals surface area (Å²) in [5.41, 5.74) is 1.23. The quantitative estimate of drug-likeness (QED) is 0.611. The number of amides is 1. The van der Waals surface area contributed by atoms with Crippen LogP contribution in [0, 0.1) is 17.1 Å². The number of nitrogens with zero attached hydrogens (tertiary/aromatic N) is 1. The lowest BCUT2D eigenvalue weighted by atomic mass is 9.77. The van der Waals surface area contributed by atoms with E-state index < -0.39 is 30.2 Å². The summed E-state index contributed by atoms with van der Waals surface area (Å²) in [4.78, 5) is 12.3. The fraction of sp³-hybridized carbons (Fsp3) is 0.360. The van der Waals surface area contributed by atoms with Gasteiger partial charge in [-0.1, -0.05) is 48.5 Å². The first-order valence-corrected chi connectivity index (χ1v) is 10.8. The third-order valence-electron chi connectivity index (χ3n) is 5.90. The van der Waals surface area contributed by atoms with Crippen LogP contribution in [0.5, 0.6) is 0 Å². The van der Waals surface area contributed by atoms with Crippen LogP contribution in [0.15, 0.2) is 54.0 Å². The first kappa shape index (κ1) is 24.5. The molecule has 6 nitrogen and oxygen atoms in total. The molecule has 0 bridgehead atoms. The lowest BCUT2D eigenvalue weighted by Crippen LogP contribution is -2.41. The Morgan fingerprint density at radius 3 is 2.42 bits per heavy atom. The Bertz CT molecular complexity index is 1050. The summed E-state index contributed by atoms with van der Waals surface area (Å²) in [7, 11) is -0.730. The number of nitriles is 1. The third-order valence-corrected chi connectivity index (χ3v) is 5.90. The van der Waals surface area contributed by atoms with E-state index in [4.69, 9.17) is 19.3 Å². The first-order chi connectivity index (χ1) is 15.6. The lowest BCUT2D eigenvalue weighted by molar-refractivity contribution is 0.00578. The normalized spacial score (nSPS) is 16.8. The van der Waals surface area contributed by atoms with Gasteiger partial charge in [-0.05, 0) is 50.4 Å². The van der Waals surface area contributed by atoms with Crippen LogP contribution in [-0.2, 0) is 27.1 Å². The molecule has 3 rings (SSSR count). The van der Waals surface area contributed by atoms with E-state index in [1.54, 1.807) is 18.2 Å². The summed E-state index contributed by atoms with van der Waals surface area (Å²) in [5, 5.41) is 11.6. The molecule has 1 amide bonds. The van der Waals surface area contributed by atoms with Gasteiger partial charge in [0, 0.05) is 12.1 Å². The first-order valence-electron chi connectivity index (χ1n) is 10.8. The molecule has 1 aliphatic heterocycles. The average molecular weight is 450 g/mol. The van der Waals surface area contributed by atoms with Crippen molar-refractivity contribution in [1.29, 1.82) is 5.26 Å². The van der Waals surface area contributed by atoms with Gasteiger partial charge >= 0.3 is 13.2 Å². The number of hydrogen-bond donors (Lipinski definition) is 1. The molecule has 0 spiro atoms. The Morgan fingerprint density at radius 1 is 1.15 bits per heavy atom. The van der Waals surface area contributed by atoms with Crippen molar-refractivity contribution < 1.29 is 23.2 Å². The average Bonchev–Trinajstić information content (AvgIpc) is 2.99. The Balaban J connectivity index is 1.76. The SMILES string of the molecule is CC1(C)OB(C(=Cc2ccc(CC#N)c(F)c2)CNC(=O)OCc2ccccc2)OC1(C)C. The minimum atomic E-state index is -0.730. The number of ether oxygens (including phenoxy) is 1. The summed E-state index contributed by atoms with van der Waals surface area (Å²) >= 11 is 0. The van der Waals surface area contributed by atoms with E-state index >= 15 is 0 Å². The largest absolute Gasteiger partial charge is 0.492 e. The van der Waals surface area contributed by atoms with Crippen LogP contribution in [0.1, 0.15) is 44.4 Å². The number of halogens is 1. The molecule has 0 radical (unpaired) electrons. The summed E-state index contributed by atoms with van der Waals surface area (Å²) in [6.45, 7) is 7.97. The van der Waals surface area contributed by atoms with E-state index in [9.17, 15) is 9.18 Å². The van der Waals surface area contributed by atoms with Gasteiger partial charge < -0.3 is 19.4 Å². The highest BCUT2D eigenvalue weighted by atomic mass is 19.1. The van der Waals surface area contributed by atoms with Crippen molar-refractivity contribution in [1.82, 2.24) is 5.32 Å². The van der Waals surface area contributed by atoms with E-state index in [-0.39, 0.29) is 19.6 Å². The second-order valence-corrected chi connectivity index (χ2v) is 8.91. The molecule has 1 heterocycles. The van der Waals surface area contributed by atoms with Crippen LogP contribution in [0.3, 0.4) is 0 Å². The van der Waals surface area contributed by atoms with E-state index in [1.165, 1.54) is 6.07 Å². The monoisotopic (exact) mass is 450 g/mol. The number of carbonyl (C=O) groups is 1. The molecule has 172 valence electrons. The molecule has 2 aromatic carbocycles. The van der Waals surface area contributed by atoms with E-state index in [0.29, 0.717) is 16.6 Å². The standard InChI is InChI=1S/C25H28BFN2O4/c1-24(2)25(3,4)33-26(32-24)21(14-19-10-11-20(12-13-28)22(27)15-19)16-29-23(30)31-17-18-8-6-5-7-9-18/h5-11,14-15H,12,16-17H2,1-4H3,(H,29,30). The van der Waals surface area contributed by atoms with Gasteiger partial charge in [0.15, 0.2) is 0 Å². The maximum atomic E-state index is 14.4. The van der Waals surface area contributed by atoms with Crippen LogP contribution >= 0.6 is 0 Å². The summed E-state index contributed by atoms with van der Waals surface area (Å²) in [6.07, 6.45) is 1.13. The lowest BCUT2D eigenvalue weighted by Gasteiger charge is -2.32. The van der Waals surface area contributed by atoms with Crippen molar-refractivity contribution in [3.05, 3.63) is 76.5 Å². The predicted octanol–water partition coefficient (Wildman–Crippen LogP) is 4.83. The molecule has 1 fully saturated rings. The fourth-order valence-electron chi connectivity index (χ4n) is 3.24. The van der Waals surface area contributed by atoms with Crippen molar-refractivity contribution in [3.8, 4) is 6.07 Å². The highest BCUT2D eigenvalue weighted by Crippen LogP contribution is 2.38. The molecule has 0 saturated carbocycles. The molecule has 0 aliphatic carbocycles. The predicted molar refractivity (Wildman–Crippen MR) is 124 cm³/mol. The zero-order valence-corrected chi connectivity index (χ0v) is 19.4. The molecule has 0 aromatic heterocycles. The zero-order chi connectivity index (χ0) is 24.1. The number of hydrogen-bond acceptors (Lipinski definition) is 5. The van der Waals surface area contributed by atoms with Crippen molar-refractivity contribution in [2.75, 3.05) is 6.54 Å². The van der Waals surface area contributed by atoms with Crippen LogP contribution in [0.4, 0.5) is 9.18 Å². The molecule has 0 unspecified atom stereocenters. The van der Waals surface area contributed by atoms with Crippen LogP contribution in [0.2, 0.25) is 0 Å². The Morgan fingerprint density at radius 2 is 1.82 bits per heavy atom. The maximum absolute atomic E-state index is 14.4. The van der Waals surface area contributed by atoms with Crippen LogP contribution in [0.25, 0.3) is 6.08 Å². The van der Waals surface area contributed by atoms with Gasteiger partial charge in [-0.25, -0.2) is 9.18 Å². The molecule has 8 heteroatoms. The summed E-state index contributed by atoms with van der Waals surface area (Å²) in [6, 6.07) is 16.0. The van der Waals surface area contributed by atoms with Gasteiger partial charge in [0.2, 0.25) is 0 Å². The van der Waals surface area contributed by atoms with Gasteiger partial charge in [-0.15, -0.1) is 0 Å². The minimum Gasteiger partial charge on any atom is -0.445 e. The molecule has 33 heavy (non-hydrogen) atoms. The smallest absolute Gasteiger partial charge is 0.445 e. The number of carbonyl (C=O) groups excluding carboxylic acids is 1. The molecule has 1 N–H and O–H groups in total. The number of rotatable bonds is 7. The van der Waals surface area contributed by atoms with Crippen molar-refractivity contribution in [3.63, 3.8) is 0 Å². The van der Waals surface area contributed by atoms with Crippen LogP contribution < -0.4 is 5.32 Å². The topological polar surface area (TPSA) is 80.6 Å². The molecule has 0 atom stereocenters. The van der Waals surface area contributed by atoms with E-state index in [2.05, 4.69) is 5.32 Å². The second-order valence-electron chi connectivity index (χ2n) is 8.91. The van der Waals surface area contributed by atoms with E-state index in [1.807, 2.05) is 64.1 Å². The van der Waals surface area contributed by atoms with Gasteiger partial charge in [0.25, 0.3) is 0 Å². The summed E-state index contributed by atoms with van der Waals surface area (Å²) in [5.74, 6) is -0.464. The maximum Gasteiger partial charge on any atom is 0.492 e. The summed E-state index contributed by atoms with van der Waals surface area (Å²) < 4.78 is 31.9. The number of nitrogens with one attached hydrogen (secondary N) is 1. The molecule has 1 aliphatic rings. The molecular weight excluding hydrogens is 422 g/mol. The number of benzene rings is 2. The third kappa shape index (κ3) is 6.22. The van der Waals surface area contributed by atoms with Gasteiger partial charge in [0.1, 0.15) is 12.4 Å². The zero-order valence-electron chi connectivity index (χ0n) is 19.4. The van der Waals surface area contributed by atoms with Crippen molar-refractivity contribution in [2.45, 2.75) is 51.9 Å². The van der Waals surface area contributed by atoms with Gasteiger partial charge in [-0.3, -0.25) is 0 Å². The highest BCUT2D eigenvalue weighted by Gasteiger charge is 2.52. The molecular formula is C25H28BFN2O4. The molecule has 2 aromatic rings.